The summed E-state index contributed by atoms with van der Waals surface area (Å²) in [6.45, 7) is 0. The Morgan fingerprint density at radius 2 is 2.17 bits per heavy atom. The van der Waals surface area contributed by atoms with Crippen LogP contribution < -0.4 is 0 Å². The van der Waals surface area contributed by atoms with Crippen LogP contribution in [0.2, 0.25) is 0 Å². The Morgan fingerprint density at radius 1 is 1.42 bits per heavy atom. The zero-order chi connectivity index (χ0) is 8.97. The summed E-state index contributed by atoms with van der Waals surface area (Å²) in [4.78, 5) is 8.44. The van der Waals surface area contributed by atoms with Crippen molar-refractivity contribution < 1.29 is 0 Å². The van der Waals surface area contributed by atoms with Crippen LogP contribution in [0.1, 0.15) is 5.56 Å². The Labute approximate surface area is 85.5 Å². The normalized spacial score (nSPS) is 10.2. The summed E-state index contributed by atoms with van der Waals surface area (Å²) in [5, 5.41) is 1.78. The topological polar surface area (TPSA) is 25.8 Å². The van der Waals surface area contributed by atoms with Gasteiger partial charge < -0.3 is 0 Å². The average Bonchev–Trinajstić information content (AvgIpc) is 2.16. The van der Waals surface area contributed by atoms with Gasteiger partial charge in [0, 0.05) is 11.8 Å². The molecule has 0 amide bonds. The van der Waals surface area contributed by atoms with E-state index < -0.39 is 0 Å². The lowest BCUT2D eigenvalue weighted by atomic mass is 10.4. The number of nitrogens with zero attached hydrogens (tertiary/aromatic N) is 2. The molecule has 0 bridgehead atoms. The molecule has 0 aliphatic rings. The number of aromatic nitrogens is 2. The van der Waals surface area contributed by atoms with Gasteiger partial charge in [0.05, 0.1) is 5.88 Å². The molecule has 1 heterocycles. The minimum Gasteiger partial charge on any atom is -0.231 e. The standard InChI is InChI=1S/C7H9ClN2S2/c1-11-6-5(3-8)4-9-7(10-6)12-2/h4H,3H2,1-2H3. The van der Waals surface area contributed by atoms with Crippen LogP contribution in [0, 0.1) is 0 Å². The Morgan fingerprint density at radius 3 is 2.67 bits per heavy atom. The SMILES string of the molecule is CSc1ncc(CCl)c(SC)n1. The third-order valence-electron chi connectivity index (χ3n) is 1.32. The highest BCUT2D eigenvalue weighted by Crippen LogP contribution is 2.21. The molecule has 0 atom stereocenters. The first-order valence-corrected chi connectivity index (χ1v) is 6.30. The molecule has 0 spiro atoms. The number of thioether (sulfide) groups is 2. The molecule has 1 aromatic rings. The lowest BCUT2D eigenvalue weighted by Gasteiger charge is -2.02. The number of halogens is 1. The molecule has 0 aromatic carbocycles. The van der Waals surface area contributed by atoms with Gasteiger partial charge in [-0.05, 0) is 12.5 Å². The molecule has 0 N–H and O–H groups in total. The van der Waals surface area contributed by atoms with E-state index in [0.717, 1.165) is 15.7 Å². The quantitative estimate of drug-likeness (QED) is 0.339. The Hall–Kier alpha value is 0.0700. The minimum atomic E-state index is 0.477. The fourth-order valence-electron chi connectivity index (χ4n) is 0.743. The van der Waals surface area contributed by atoms with Crippen LogP contribution in [-0.4, -0.2) is 22.5 Å². The maximum atomic E-state index is 5.71. The lowest BCUT2D eigenvalue weighted by Crippen LogP contribution is -1.93. The first kappa shape index (κ1) is 10.2. The summed E-state index contributed by atoms with van der Waals surface area (Å²) >= 11 is 8.85. The fourth-order valence-corrected chi connectivity index (χ4v) is 1.98. The smallest absolute Gasteiger partial charge is 0.188 e. The van der Waals surface area contributed by atoms with E-state index in [4.69, 9.17) is 11.6 Å². The second-order valence-corrected chi connectivity index (χ2v) is 3.86. The summed E-state index contributed by atoms with van der Waals surface area (Å²) in [5.74, 6) is 0.477. The van der Waals surface area contributed by atoms with E-state index in [9.17, 15) is 0 Å². The van der Waals surface area contributed by atoms with Crippen molar-refractivity contribution in [3.8, 4) is 0 Å². The first-order chi connectivity index (χ1) is 5.81. The van der Waals surface area contributed by atoms with E-state index in [1.54, 1.807) is 18.0 Å². The van der Waals surface area contributed by atoms with Crippen molar-refractivity contribution in [2.75, 3.05) is 12.5 Å². The maximum Gasteiger partial charge on any atom is 0.188 e. The third kappa shape index (κ3) is 2.28. The Kier molecular flexibility index (Phi) is 4.18. The predicted octanol–water partition coefficient (Wildman–Crippen LogP) is 2.66. The second kappa shape index (κ2) is 4.94. The number of hydrogen-bond acceptors (Lipinski definition) is 4. The molecule has 0 aliphatic carbocycles. The van der Waals surface area contributed by atoms with E-state index in [1.165, 1.54) is 11.8 Å². The van der Waals surface area contributed by atoms with Gasteiger partial charge >= 0.3 is 0 Å². The van der Waals surface area contributed by atoms with Crippen molar-refractivity contribution in [1.82, 2.24) is 9.97 Å². The second-order valence-electron chi connectivity index (χ2n) is 2.02. The monoisotopic (exact) mass is 220 g/mol. The molecule has 1 rings (SSSR count). The van der Waals surface area contributed by atoms with Gasteiger partial charge in [-0.3, -0.25) is 0 Å². The lowest BCUT2D eigenvalue weighted by molar-refractivity contribution is 0.867. The van der Waals surface area contributed by atoms with Gasteiger partial charge in [0.1, 0.15) is 5.03 Å². The molecule has 5 heteroatoms. The van der Waals surface area contributed by atoms with Gasteiger partial charge in [-0.25, -0.2) is 9.97 Å². The highest BCUT2D eigenvalue weighted by molar-refractivity contribution is 7.99. The first-order valence-electron chi connectivity index (χ1n) is 3.31. The minimum absolute atomic E-state index is 0.477. The Balaban J connectivity index is 3.02. The van der Waals surface area contributed by atoms with Gasteiger partial charge in [0.15, 0.2) is 5.16 Å². The van der Waals surface area contributed by atoms with E-state index in [2.05, 4.69) is 9.97 Å². The van der Waals surface area contributed by atoms with Crippen molar-refractivity contribution >= 4 is 35.1 Å². The summed E-state index contributed by atoms with van der Waals surface area (Å²) in [5.41, 5.74) is 1.00. The zero-order valence-corrected chi connectivity index (χ0v) is 9.26. The highest BCUT2D eigenvalue weighted by Gasteiger charge is 2.03. The van der Waals surface area contributed by atoms with Crippen molar-refractivity contribution in [3.63, 3.8) is 0 Å². The molecule has 0 unspecified atom stereocenters. The van der Waals surface area contributed by atoms with Gasteiger partial charge in [0.25, 0.3) is 0 Å². The largest absolute Gasteiger partial charge is 0.231 e. The van der Waals surface area contributed by atoms with Gasteiger partial charge in [0.2, 0.25) is 0 Å². The van der Waals surface area contributed by atoms with Gasteiger partial charge in [-0.15, -0.1) is 23.4 Å². The summed E-state index contributed by atoms with van der Waals surface area (Å²) < 4.78 is 0. The van der Waals surface area contributed by atoms with Crippen LogP contribution >= 0.6 is 35.1 Å². The fraction of sp³-hybridized carbons (Fsp3) is 0.429. The molecule has 0 saturated carbocycles. The zero-order valence-electron chi connectivity index (χ0n) is 6.87. The van der Waals surface area contributed by atoms with Crippen LogP contribution in [-0.2, 0) is 5.88 Å². The molecule has 0 fully saturated rings. The van der Waals surface area contributed by atoms with E-state index in [0.29, 0.717) is 5.88 Å². The summed E-state index contributed by atoms with van der Waals surface area (Å²) in [6, 6.07) is 0. The summed E-state index contributed by atoms with van der Waals surface area (Å²) in [7, 11) is 0. The molecule has 66 valence electrons. The number of hydrogen-bond donors (Lipinski definition) is 0. The van der Waals surface area contributed by atoms with Crippen molar-refractivity contribution in [2.45, 2.75) is 16.1 Å². The van der Waals surface area contributed by atoms with Crippen LogP contribution in [0.3, 0.4) is 0 Å². The van der Waals surface area contributed by atoms with Crippen molar-refractivity contribution in [2.24, 2.45) is 0 Å². The highest BCUT2D eigenvalue weighted by atomic mass is 35.5. The molecule has 0 radical (unpaired) electrons. The van der Waals surface area contributed by atoms with Gasteiger partial charge in [-0.1, -0.05) is 11.8 Å². The molecular formula is C7H9ClN2S2. The molecule has 1 aromatic heterocycles. The average molecular weight is 221 g/mol. The van der Waals surface area contributed by atoms with Crippen LogP contribution in [0.5, 0.6) is 0 Å². The molecular weight excluding hydrogens is 212 g/mol. The Bertz CT molecular complexity index is 268. The van der Waals surface area contributed by atoms with Gasteiger partial charge in [-0.2, -0.15) is 0 Å². The predicted molar refractivity (Wildman–Crippen MR) is 55.2 cm³/mol. The number of alkyl halides is 1. The molecule has 12 heavy (non-hydrogen) atoms. The molecule has 0 saturated heterocycles. The molecule has 0 aliphatic heterocycles. The van der Waals surface area contributed by atoms with Crippen LogP contribution in [0.15, 0.2) is 16.4 Å². The van der Waals surface area contributed by atoms with Crippen LogP contribution in [0.25, 0.3) is 0 Å². The van der Waals surface area contributed by atoms with E-state index in [1.807, 2.05) is 12.5 Å². The van der Waals surface area contributed by atoms with Crippen molar-refractivity contribution in [3.05, 3.63) is 11.8 Å². The van der Waals surface area contributed by atoms with Crippen LogP contribution in [0.4, 0.5) is 0 Å². The number of rotatable bonds is 3. The molecule has 2 nitrogen and oxygen atoms in total. The maximum absolute atomic E-state index is 5.71. The van der Waals surface area contributed by atoms with Crippen molar-refractivity contribution in [1.29, 1.82) is 0 Å². The van der Waals surface area contributed by atoms with E-state index >= 15 is 0 Å². The van der Waals surface area contributed by atoms with E-state index in [-0.39, 0.29) is 0 Å². The summed E-state index contributed by atoms with van der Waals surface area (Å²) in [6.07, 6.45) is 5.74. The third-order valence-corrected chi connectivity index (χ3v) is 2.91.